The summed E-state index contributed by atoms with van der Waals surface area (Å²) < 4.78 is 2.07. The Hall–Kier alpha value is -1.95. The number of hydrogen-bond donors (Lipinski definition) is 1. The maximum Gasteiger partial charge on any atom is 0.267 e. The Morgan fingerprint density at radius 1 is 1.13 bits per heavy atom. The number of hydrogen-bond acceptors (Lipinski definition) is 4. The molecule has 1 amide bonds. The third-order valence-corrected chi connectivity index (χ3v) is 6.10. The van der Waals surface area contributed by atoms with Gasteiger partial charge in [-0.05, 0) is 31.2 Å². The van der Waals surface area contributed by atoms with Gasteiger partial charge in [0.2, 0.25) is 0 Å². The molecule has 0 unspecified atom stereocenters. The number of amides is 1. The van der Waals surface area contributed by atoms with Crippen LogP contribution in [-0.4, -0.2) is 10.9 Å². The van der Waals surface area contributed by atoms with Gasteiger partial charge >= 0.3 is 0 Å². The van der Waals surface area contributed by atoms with Crippen LogP contribution in [0, 0.1) is 6.92 Å². The Morgan fingerprint density at radius 3 is 2.78 bits per heavy atom. The molecule has 0 saturated heterocycles. The van der Waals surface area contributed by atoms with E-state index in [0.29, 0.717) is 9.90 Å². The molecule has 4 aromatic rings. The van der Waals surface area contributed by atoms with Gasteiger partial charge in [0.05, 0.1) is 20.2 Å². The van der Waals surface area contributed by atoms with Gasteiger partial charge in [-0.15, -0.1) is 22.7 Å². The molecule has 0 radical (unpaired) electrons. The van der Waals surface area contributed by atoms with Crippen LogP contribution < -0.4 is 5.32 Å². The van der Waals surface area contributed by atoms with E-state index < -0.39 is 0 Å². The first kappa shape index (κ1) is 14.6. The Balaban J connectivity index is 1.68. The lowest BCUT2D eigenvalue weighted by Crippen LogP contribution is -2.10. The smallest absolute Gasteiger partial charge is 0.267 e. The number of benzene rings is 2. The molecule has 0 aliphatic heterocycles. The van der Waals surface area contributed by atoms with E-state index in [9.17, 15) is 4.79 Å². The van der Waals surface area contributed by atoms with Gasteiger partial charge in [-0.2, -0.15) is 0 Å². The van der Waals surface area contributed by atoms with Gasteiger partial charge in [0, 0.05) is 15.8 Å². The third kappa shape index (κ3) is 2.61. The van der Waals surface area contributed by atoms with Crippen LogP contribution in [0.1, 0.15) is 14.7 Å². The molecule has 3 nitrogen and oxygen atoms in total. The molecule has 0 fully saturated rings. The number of aromatic nitrogens is 1. The lowest BCUT2D eigenvalue weighted by atomic mass is 10.2. The van der Waals surface area contributed by atoms with E-state index in [1.807, 2.05) is 49.4 Å². The van der Waals surface area contributed by atoms with Crippen molar-refractivity contribution in [2.45, 2.75) is 6.92 Å². The molecule has 0 aliphatic rings. The summed E-state index contributed by atoms with van der Waals surface area (Å²) in [5.41, 5.74) is 1.70. The van der Waals surface area contributed by atoms with Crippen molar-refractivity contribution in [2.24, 2.45) is 0 Å². The van der Waals surface area contributed by atoms with Crippen molar-refractivity contribution in [1.82, 2.24) is 4.98 Å². The fourth-order valence-electron chi connectivity index (χ4n) is 2.47. The predicted octanol–water partition coefficient (Wildman–Crippen LogP) is 5.73. The van der Waals surface area contributed by atoms with Gasteiger partial charge in [0.1, 0.15) is 4.88 Å². The van der Waals surface area contributed by atoms with Crippen molar-refractivity contribution >= 4 is 66.2 Å². The molecule has 2 aromatic heterocycles. The number of carbonyl (C=O) groups is 1. The van der Waals surface area contributed by atoms with E-state index >= 15 is 0 Å². The standard InChI is InChI=1S/C17H11ClN2OS2/c1-9-19-12-7-6-10(8-14(12)22-9)20-17(21)16-15(18)11-4-2-3-5-13(11)23-16/h2-8H,1H3,(H,20,21). The minimum absolute atomic E-state index is 0.184. The van der Waals surface area contributed by atoms with E-state index in [0.717, 1.165) is 31.0 Å². The number of halogens is 1. The Labute approximate surface area is 145 Å². The number of carbonyl (C=O) groups excluding carboxylic acids is 1. The summed E-state index contributed by atoms with van der Waals surface area (Å²) in [5.74, 6) is -0.184. The maximum absolute atomic E-state index is 12.5. The zero-order valence-electron chi connectivity index (χ0n) is 12.1. The number of fused-ring (bicyclic) bond motifs is 2. The number of nitrogens with one attached hydrogen (secondary N) is 1. The summed E-state index contributed by atoms with van der Waals surface area (Å²) in [6.07, 6.45) is 0. The maximum atomic E-state index is 12.5. The zero-order chi connectivity index (χ0) is 16.0. The molecule has 2 aromatic carbocycles. The summed E-state index contributed by atoms with van der Waals surface area (Å²) in [6.45, 7) is 1.97. The third-order valence-electron chi connectivity index (χ3n) is 3.49. The number of rotatable bonds is 2. The van der Waals surface area contributed by atoms with E-state index in [2.05, 4.69) is 10.3 Å². The van der Waals surface area contributed by atoms with Crippen molar-refractivity contribution in [2.75, 3.05) is 5.32 Å². The second kappa shape index (κ2) is 5.60. The number of nitrogens with zero attached hydrogens (tertiary/aromatic N) is 1. The van der Waals surface area contributed by atoms with Gasteiger partial charge in [-0.25, -0.2) is 4.98 Å². The summed E-state index contributed by atoms with van der Waals surface area (Å²) in [4.78, 5) is 17.5. The monoisotopic (exact) mass is 358 g/mol. The second-order valence-electron chi connectivity index (χ2n) is 5.11. The molecule has 0 aliphatic carbocycles. The molecular weight excluding hydrogens is 348 g/mol. The summed E-state index contributed by atoms with van der Waals surface area (Å²) in [6, 6.07) is 13.5. The first-order chi connectivity index (χ1) is 11.1. The SMILES string of the molecule is Cc1nc2ccc(NC(=O)c3sc4ccccc4c3Cl)cc2s1. The molecule has 0 atom stereocenters. The van der Waals surface area contributed by atoms with Crippen molar-refractivity contribution in [3.63, 3.8) is 0 Å². The summed E-state index contributed by atoms with van der Waals surface area (Å²) in [5, 5.41) is 5.36. The highest BCUT2D eigenvalue weighted by Crippen LogP contribution is 2.35. The van der Waals surface area contributed by atoms with Gasteiger partial charge in [0.25, 0.3) is 5.91 Å². The van der Waals surface area contributed by atoms with Gasteiger partial charge in [-0.1, -0.05) is 29.8 Å². The van der Waals surface area contributed by atoms with Crippen LogP contribution in [-0.2, 0) is 0 Å². The molecule has 6 heteroatoms. The minimum Gasteiger partial charge on any atom is -0.321 e. The van der Waals surface area contributed by atoms with Crippen molar-refractivity contribution < 1.29 is 4.79 Å². The van der Waals surface area contributed by atoms with Crippen LogP contribution in [0.5, 0.6) is 0 Å². The topological polar surface area (TPSA) is 42.0 Å². The zero-order valence-corrected chi connectivity index (χ0v) is 14.5. The molecule has 1 N–H and O–H groups in total. The average Bonchev–Trinajstić information content (AvgIpc) is 3.07. The molecule has 114 valence electrons. The first-order valence-corrected chi connectivity index (χ1v) is 8.98. The van der Waals surface area contributed by atoms with E-state index in [1.54, 1.807) is 11.3 Å². The van der Waals surface area contributed by atoms with Crippen LogP contribution >= 0.6 is 34.3 Å². The Bertz CT molecular complexity index is 1050. The van der Waals surface area contributed by atoms with Gasteiger partial charge in [0.15, 0.2) is 0 Å². The number of thiazole rings is 1. The lowest BCUT2D eigenvalue weighted by molar-refractivity contribution is 0.103. The molecular formula is C17H11ClN2OS2. The fraction of sp³-hybridized carbons (Fsp3) is 0.0588. The van der Waals surface area contributed by atoms with Crippen LogP contribution in [0.3, 0.4) is 0 Å². The predicted molar refractivity (Wildman–Crippen MR) is 99.1 cm³/mol. The second-order valence-corrected chi connectivity index (χ2v) is 7.78. The van der Waals surface area contributed by atoms with E-state index in [-0.39, 0.29) is 5.91 Å². The van der Waals surface area contributed by atoms with E-state index in [1.165, 1.54) is 11.3 Å². The fourth-order valence-corrected chi connectivity index (χ4v) is 4.74. The van der Waals surface area contributed by atoms with Crippen LogP contribution in [0.25, 0.3) is 20.3 Å². The number of anilines is 1. The number of aryl methyl sites for hydroxylation is 1. The summed E-state index contributed by atoms with van der Waals surface area (Å²) >= 11 is 9.37. The van der Waals surface area contributed by atoms with Crippen molar-refractivity contribution in [3.05, 3.63) is 57.4 Å². The normalized spacial score (nSPS) is 11.2. The van der Waals surface area contributed by atoms with Crippen LogP contribution in [0.15, 0.2) is 42.5 Å². The largest absolute Gasteiger partial charge is 0.321 e. The molecule has 23 heavy (non-hydrogen) atoms. The molecule has 0 saturated carbocycles. The molecule has 0 spiro atoms. The van der Waals surface area contributed by atoms with Gasteiger partial charge < -0.3 is 5.32 Å². The number of thiophene rings is 1. The Morgan fingerprint density at radius 2 is 1.96 bits per heavy atom. The lowest BCUT2D eigenvalue weighted by Gasteiger charge is -2.03. The highest BCUT2D eigenvalue weighted by Gasteiger charge is 2.17. The molecule has 2 heterocycles. The highest BCUT2D eigenvalue weighted by molar-refractivity contribution is 7.21. The van der Waals surface area contributed by atoms with Crippen molar-refractivity contribution in [3.8, 4) is 0 Å². The average molecular weight is 359 g/mol. The van der Waals surface area contributed by atoms with Gasteiger partial charge in [-0.3, -0.25) is 4.79 Å². The van der Waals surface area contributed by atoms with Crippen LogP contribution in [0.4, 0.5) is 5.69 Å². The molecule has 4 rings (SSSR count). The molecule has 0 bridgehead atoms. The van der Waals surface area contributed by atoms with Crippen LogP contribution in [0.2, 0.25) is 5.02 Å². The minimum atomic E-state index is -0.184. The van der Waals surface area contributed by atoms with E-state index in [4.69, 9.17) is 11.6 Å². The Kier molecular flexibility index (Phi) is 3.56. The first-order valence-electron chi connectivity index (χ1n) is 6.97. The van der Waals surface area contributed by atoms with Crippen molar-refractivity contribution in [1.29, 1.82) is 0 Å². The summed E-state index contributed by atoms with van der Waals surface area (Å²) in [7, 11) is 0. The quantitative estimate of drug-likeness (QED) is 0.497. The highest BCUT2D eigenvalue weighted by atomic mass is 35.5.